The van der Waals surface area contributed by atoms with Gasteiger partial charge in [-0.15, -0.1) is 0 Å². The molecule has 1 atom stereocenters. The number of amides is 2. The summed E-state index contributed by atoms with van der Waals surface area (Å²) in [5.41, 5.74) is 0.901. The molecule has 38 heavy (non-hydrogen) atoms. The van der Waals surface area contributed by atoms with Gasteiger partial charge in [-0.1, -0.05) is 48.5 Å². The van der Waals surface area contributed by atoms with Gasteiger partial charge < -0.3 is 19.7 Å². The van der Waals surface area contributed by atoms with E-state index in [9.17, 15) is 18.0 Å². The van der Waals surface area contributed by atoms with Gasteiger partial charge in [-0.05, 0) is 49.6 Å². The molecule has 1 aliphatic carbocycles. The summed E-state index contributed by atoms with van der Waals surface area (Å²) in [6.07, 6.45) is 6.04. The third-order valence-corrected chi connectivity index (χ3v) is 8.66. The van der Waals surface area contributed by atoms with E-state index in [4.69, 9.17) is 32.7 Å². The summed E-state index contributed by atoms with van der Waals surface area (Å²) >= 11 is 12.3. The summed E-state index contributed by atoms with van der Waals surface area (Å²) in [7, 11) is -3.87. The molecule has 1 fully saturated rings. The number of ether oxygens (including phenoxy) is 2. The molecule has 2 amide bonds. The molecule has 0 bridgehead atoms. The van der Waals surface area contributed by atoms with E-state index in [2.05, 4.69) is 5.32 Å². The Morgan fingerprint density at radius 3 is 2.42 bits per heavy atom. The van der Waals surface area contributed by atoms with Gasteiger partial charge >= 0.3 is 0 Å². The molecule has 1 unspecified atom stereocenters. The molecule has 4 rings (SSSR count). The maximum absolute atomic E-state index is 13.7. The number of fused-ring (bicyclic) bond motifs is 1. The lowest BCUT2D eigenvalue weighted by atomic mass is 9.95. The van der Waals surface area contributed by atoms with Crippen molar-refractivity contribution < 1.29 is 27.5 Å². The molecule has 0 aromatic heterocycles. The second-order valence-electron chi connectivity index (χ2n) is 9.60. The van der Waals surface area contributed by atoms with Crippen molar-refractivity contribution in [3.05, 3.63) is 52.0 Å². The minimum absolute atomic E-state index is 0.0294. The quantitative estimate of drug-likeness (QED) is 0.470. The number of rotatable bonds is 9. The standard InChI is InChI=1S/C26H31Cl2N3O6S/c1-17(26(33)29-19-6-4-3-5-7-19)30(14-18-8-10-21(27)22(28)12-18)25(32)15-31(38(2,34)35)20-9-11-23-24(13-20)37-16-36-23/h8-13,17,19H,3-7,14-16H2,1-2H3,(H,29,33). The number of sulfonamides is 1. The highest BCUT2D eigenvalue weighted by Crippen LogP contribution is 2.36. The summed E-state index contributed by atoms with van der Waals surface area (Å²) in [5.74, 6) is 0.0315. The number of hydrogen-bond donors (Lipinski definition) is 1. The highest BCUT2D eigenvalue weighted by Gasteiger charge is 2.32. The molecule has 1 N–H and O–H groups in total. The second kappa shape index (κ2) is 12.0. The Balaban J connectivity index is 1.60. The first-order valence-corrected chi connectivity index (χ1v) is 15.0. The topological polar surface area (TPSA) is 105 Å². The molecular weight excluding hydrogens is 553 g/mol. The minimum atomic E-state index is -3.87. The van der Waals surface area contributed by atoms with E-state index < -0.39 is 28.5 Å². The summed E-state index contributed by atoms with van der Waals surface area (Å²) in [6.45, 7) is 1.19. The fourth-order valence-corrected chi connectivity index (χ4v) is 5.80. The van der Waals surface area contributed by atoms with E-state index in [0.717, 1.165) is 42.7 Å². The number of nitrogens with zero attached hydrogens (tertiary/aromatic N) is 2. The van der Waals surface area contributed by atoms with Crippen LogP contribution in [-0.4, -0.2) is 56.8 Å². The molecule has 12 heteroatoms. The van der Waals surface area contributed by atoms with Crippen molar-refractivity contribution in [2.45, 2.75) is 57.7 Å². The van der Waals surface area contributed by atoms with Crippen LogP contribution >= 0.6 is 23.2 Å². The zero-order chi connectivity index (χ0) is 27.4. The van der Waals surface area contributed by atoms with Crippen LogP contribution in [0.4, 0.5) is 5.69 Å². The first kappa shape index (κ1) is 28.3. The fraction of sp³-hybridized carbons (Fsp3) is 0.462. The van der Waals surface area contributed by atoms with E-state index >= 15 is 0 Å². The number of anilines is 1. The van der Waals surface area contributed by atoms with Crippen molar-refractivity contribution >= 4 is 50.7 Å². The Kier molecular flexibility index (Phi) is 8.95. The van der Waals surface area contributed by atoms with Gasteiger partial charge in [0.2, 0.25) is 28.6 Å². The van der Waals surface area contributed by atoms with Crippen molar-refractivity contribution in [1.82, 2.24) is 10.2 Å². The van der Waals surface area contributed by atoms with Crippen molar-refractivity contribution in [3.63, 3.8) is 0 Å². The maximum atomic E-state index is 13.7. The van der Waals surface area contributed by atoms with Gasteiger partial charge in [0.1, 0.15) is 12.6 Å². The number of benzene rings is 2. The largest absolute Gasteiger partial charge is 0.454 e. The second-order valence-corrected chi connectivity index (χ2v) is 12.3. The lowest BCUT2D eigenvalue weighted by molar-refractivity contribution is -0.139. The average Bonchev–Trinajstić information content (AvgIpc) is 3.35. The van der Waals surface area contributed by atoms with Gasteiger partial charge in [0.15, 0.2) is 11.5 Å². The van der Waals surface area contributed by atoms with Crippen LogP contribution in [0.1, 0.15) is 44.6 Å². The molecule has 2 aromatic rings. The minimum Gasteiger partial charge on any atom is -0.454 e. The van der Waals surface area contributed by atoms with E-state index in [1.54, 1.807) is 37.3 Å². The average molecular weight is 585 g/mol. The van der Waals surface area contributed by atoms with Crippen LogP contribution < -0.4 is 19.1 Å². The number of nitrogens with one attached hydrogen (secondary N) is 1. The Morgan fingerprint density at radius 1 is 1.03 bits per heavy atom. The van der Waals surface area contributed by atoms with Crippen LogP contribution in [0.5, 0.6) is 11.5 Å². The Labute approximate surface area is 233 Å². The van der Waals surface area contributed by atoms with Crippen molar-refractivity contribution in [2.75, 3.05) is 23.9 Å². The molecule has 2 aliphatic rings. The van der Waals surface area contributed by atoms with E-state index in [1.165, 1.54) is 11.0 Å². The molecule has 1 saturated carbocycles. The van der Waals surface area contributed by atoms with Crippen molar-refractivity contribution in [1.29, 1.82) is 0 Å². The van der Waals surface area contributed by atoms with Crippen LogP contribution in [-0.2, 0) is 26.2 Å². The molecule has 206 valence electrons. The van der Waals surface area contributed by atoms with Gasteiger partial charge in [-0.25, -0.2) is 8.42 Å². The van der Waals surface area contributed by atoms with E-state index in [0.29, 0.717) is 27.1 Å². The summed E-state index contributed by atoms with van der Waals surface area (Å²) < 4.78 is 37.2. The van der Waals surface area contributed by atoms with Gasteiger partial charge in [0.05, 0.1) is 22.0 Å². The summed E-state index contributed by atoms with van der Waals surface area (Å²) in [6, 6.07) is 8.80. The number of hydrogen-bond acceptors (Lipinski definition) is 6. The lowest BCUT2D eigenvalue weighted by Crippen LogP contribution is -2.52. The van der Waals surface area contributed by atoms with E-state index in [1.807, 2.05) is 0 Å². The Hall–Kier alpha value is -2.69. The molecule has 1 heterocycles. The highest BCUT2D eigenvalue weighted by atomic mass is 35.5. The van der Waals surface area contributed by atoms with Crippen molar-refractivity contribution in [2.24, 2.45) is 0 Å². The molecular formula is C26H31Cl2N3O6S. The third kappa shape index (κ3) is 6.84. The molecule has 0 spiro atoms. The van der Waals surface area contributed by atoms with Crippen molar-refractivity contribution in [3.8, 4) is 11.5 Å². The smallest absolute Gasteiger partial charge is 0.244 e. The molecule has 1 aliphatic heterocycles. The van der Waals surface area contributed by atoms with Gasteiger partial charge in [0, 0.05) is 18.7 Å². The SMILES string of the molecule is CC(C(=O)NC1CCCCC1)N(Cc1ccc(Cl)c(Cl)c1)C(=O)CN(c1ccc2c(c1)OCO2)S(C)(=O)=O. The fourth-order valence-electron chi connectivity index (χ4n) is 4.64. The lowest BCUT2D eigenvalue weighted by Gasteiger charge is -2.33. The summed E-state index contributed by atoms with van der Waals surface area (Å²) in [4.78, 5) is 28.3. The highest BCUT2D eigenvalue weighted by molar-refractivity contribution is 7.92. The Bertz CT molecular complexity index is 1300. The van der Waals surface area contributed by atoms with Gasteiger partial charge in [0.25, 0.3) is 0 Å². The van der Waals surface area contributed by atoms with Crippen LogP contribution in [0.2, 0.25) is 10.0 Å². The molecule has 0 saturated heterocycles. The summed E-state index contributed by atoms with van der Waals surface area (Å²) in [5, 5.41) is 3.74. The number of carbonyl (C=O) groups excluding carboxylic acids is 2. The normalized spacial score (nSPS) is 16.1. The zero-order valence-corrected chi connectivity index (χ0v) is 23.6. The van der Waals surface area contributed by atoms with Crippen LogP contribution in [0.15, 0.2) is 36.4 Å². The van der Waals surface area contributed by atoms with E-state index in [-0.39, 0.29) is 31.0 Å². The monoisotopic (exact) mass is 583 g/mol. The number of carbonyl (C=O) groups is 2. The molecule has 9 nitrogen and oxygen atoms in total. The first-order chi connectivity index (χ1) is 18.0. The Morgan fingerprint density at radius 2 is 1.74 bits per heavy atom. The zero-order valence-electron chi connectivity index (χ0n) is 21.3. The predicted molar refractivity (Wildman–Crippen MR) is 146 cm³/mol. The predicted octanol–water partition coefficient (Wildman–Crippen LogP) is 4.35. The van der Waals surface area contributed by atoms with Crippen LogP contribution in [0.3, 0.4) is 0 Å². The van der Waals surface area contributed by atoms with Crippen LogP contribution in [0, 0.1) is 0 Å². The van der Waals surface area contributed by atoms with Gasteiger partial charge in [-0.3, -0.25) is 13.9 Å². The van der Waals surface area contributed by atoms with Gasteiger partial charge in [-0.2, -0.15) is 0 Å². The molecule has 0 radical (unpaired) electrons. The third-order valence-electron chi connectivity index (χ3n) is 6.78. The maximum Gasteiger partial charge on any atom is 0.244 e. The van der Waals surface area contributed by atoms with Crippen LogP contribution in [0.25, 0.3) is 0 Å². The number of halogens is 2. The first-order valence-electron chi connectivity index (χ1n) is 12.4. The molecule has 2 aromatic carbocycles.